The minimum atomic E-state index is -1.13. The maximum Gasteiger partial charge on any atom is 0.306 e. The molecule has 0 aliphatic carbocycles. The molecule has 0 aromatic rings. The van der Waals surface area contributed by atoms with Crippen LogP contribution in [0.5, 0.6) is 0 Å². The summed E-state index contributed by atoms with van der Waals surface area (Å²) in [6.07, 6.45) is 55.7. The maximum atomic E-state index is 12.8. The molecule has 2 unspecified atom stereocenters. The highest BCUT2D eigenvalue weighted by Gasteiger charge is 2.25. The molecular weight excluding hydrogens is 787 g/mol. The summed E-state index contributed by atoms with van der Waals surface area (Å²) in [6.45, 7) is 4.56. The largest absolute Gasteiger partial charge is 0.544 e. The quantitative estimate of drug-likeness (QED) is 0.0197. The Kier molecular flexibility index (Phi) is 43.9. The van der Waals surface area contributed by atoms with Gasteiger partial charge in [0.2, 0.25) is 0 Å². The first kappa shape index (κ1) is 60.3. The van der Waals surface area contributed by atoms with Crippen molar-refractivity contribution in [3.8, 4) is 0 Å². The maximum absolute atomic E-state index is 12.8. The molecule has 0 amide bonds. The Labute approximate surface area is 388 Å². The van der Waals surface area contributed by atoms with Gasteiger partial charge in [0, 0.05) is 19.3 Å². The monoisotopic (exact) mass is 886 g/mol. The minimum Gasteiger partial charge on any atom is -0.544 e. The van der Waals surface area contributed by atoms with Crippen molar-refractivity contribution < 1.29 is 38.2 Å². The molecule has 0 N–H and O–H groups in total. The Balaban J connectivity index is 4.23. The fourth-order valence-electron chi connectivity index (χ4n) is 7.69. The number of allylic oxidation sites excluding steroid dienone is 8. The smallest absolute Gasteiger partial charge is 0.306 e. The molecule has 0 rings (SSSR count). The number of aliphatic carboxylic acids is 1. The standard InChI is InChI=1S/C55H99NO7/c1-6-8-10-12-14-16-18-20-22-24-26-27-28-30-31-33-35-37-39-41-43-45-53(57)62-50-51(49-61-48-47-52(55(59)60)56(3,4)5)63-54(58)46-44-42-40-38-36-34-32-29-25-23-21-19-17-15-13-11-9-7-2/h8,10,14,16,23,25,29,32,51-52H,6-7,9,11-13,15,17-22,24,26-28,30-31,33-50H2,1-5H3/b10-8+,16-14+,25-23+,32-29+. The Hall–Kier alpha value is -2.71. The van der Waals surface area contributed by atoms with Crippen LogP contribution >= 0.6 is 0 Å². The number of carboxylic acids is 1. The van der Waals surface area contributed by atoms with Gasteiger partial charge in [0.05, 0.1) is 40.3 Å². The number of hydrogen-bond acceptors (Lipinski definition) is 7. The molecular formula is C55H99NO7. The van der Waals surface area contributed by atoms with Crippen LogP contribution in [0, 0.1) is 0 Å². The molecule has 366 valence electrons. The average Bonchev–Trinajstić information content (AvgIpc) is 3.24. The van der Waals surface area contributed by atoms with Crippen molar-refractivity contribution in [2.24, 2.45) is 0 Å². The van der Waals surface area contributed by atoms with Crippen LogP contribution in [-0.4, -0.2) is 75.5 Å². The van der Waals surface area contributed by atoms with E-state index >= 15 is 0 Å². The number of carboxylic acid groups (broad SMARTS) is 1. The normalized spacial score (nSPS) is 13.2. The first-order valence-electron chi connectivity index (χ1n) is 26.2. The molecule has 0 saturated heterocycles. The number of unbranched alkanes of at least 4 members (excludes halogenated alkanes) is 26. The van der Waals surface area contributed by atoms with Crippen LogP contribution in [0.25, 0.3) is 0 Å². The van der Waals surface area contributed by atoms with Gasteiger partial charge in [0.15, 0.2) is 6.10 Å². The minimum absolute atomic E-state index is 0.0353. The number of rotatable bonds is 47. The molecule has 0 aliphatic heterocycles. The lowest BCUT2D eigenvalue weighted by molar-refractivity contribution is -0.889. The van der Waals surface area contributed by atoms with Crippen molar-refractivity contribution in [3.05, 3.63) is 48.6 Å². The number of likely N-dealkylation sites (N-methyl/N-ethyl adjacent to an activating group) is 1. The molecule has 8 heteroatoms. The van der Waals surface area contributed by atoms with Crippen molar-refractivity contribution in [3.63, 3.8) is 0 Å². The van der Waals surface area contributed by atoms with Gasteiger partial charge in [0.25, 0.3) is 0 Å². The summed E-state index contributed by atoms with van der Waals surface area (Å²) in [5.74, 6) is -1.75. The van der Waals surface area contributed by atoms with E-state index in [9.17, 15) is 19.5 Å². The van der Waals surface area contributed by atoms with Gasteiger partial charge in [-0.1, -0.05) is 197 Å². The van der Waals surface area contributed by atoms with E-state index < -0.39 is 18.1 Å². The highest BCUT2D eigenvalue weighted by atomic mass is 16.6. The lowest BCUT2D eigenvalue weighted by atomic mass is 10.0. The molecule has 2 atom stereocenters. The van der Waals surface area contributed by atoms with Gasteiger partial charge in [0.1, 0.15) is 12.6 Å². The fourth-order valence-corrected chi connectivity index (χ4v) is 7.69. The molecule has 0 aliphatic rings. The third-order valence-electron chi connectivity index (χ3n) is 11.7. The van der Waals surface area contributed by atoms with Gasteiger partial charge in [-0.3, -0.25) is 9.59 Å². The highest BCUT2D eigenvalue weighted by Crippen LogP contribution is 2.16. The summed E-state index contributed by atoms with van der Waals surface area (Å²) in [5.41, 5.74) is 0. The van der Waals surface area contributed by atoms with E-state index in [-0.39, 0.29) is 42.7 Å². The van der Waals surface area contributed by atoms with Crippen molar-refractivity contribution in [1.29, 1.82) is 0 Å². The summed E-state index contributed by atoms with van der Waals surface area (Å²) in [4.78, 5) is 37.0. The van der Waals surface area contributed by atoms with Crippen LogP contribution < -0.4 is 5.11 Å². The molecule has 0 aromatic carbocycles. The van der Waals surface area contributed by atoms with Crippen LogP contribution in [0.3, 0.4) is 0 Å². The second-order valence-electron chi connectivity index (χ2n) is 18.8. The number of hydrogen-bond donors (Lipinski definition) is 0. The topological polar surface area (TPSA) is 102 Å². The molecule has 0 saturated carbocycles. The van der Waals surface area contributed by atoms with Crippen molar-refractivity contribution >= 4 is 17.9 Å². The molecule has 63 heavy (non-hydrogen) atoms. The number of nitrogens with zero attached hydrogens (tertiary/aromatic N) is 1. The van der Waals surface area contributed by atoms with Crippen LogP contribution in [0.4, 0.5) is 0 Å². The SMILES string of the molecule is CC/C=C/C/C=C/CCCCCCCCCCCCCCCCC(=O)OCC(COCCC(C(=O)[O-])[N+](C)(C)C)OC(=O)CCCCCCC/C=C/C=C/CCCCCCCCC. The van der Waals surface area contributed by atoms with E-state index in [1.54, 1.807) is 21.1 Å². The molecule has 0 radical (unpaired) electrons. The number of quaternary nitrogens is 1. The second kappa shape index (κ2) is 45.8. The zero-order valence-electron chi connectivity index (χ0n) is 41.7. The van der Waals surface area contributed by atoms with E-state index in [4.69, 9.17) is 14.2 Å². The molecule has 0 bridgehead atoms. The van der Waals surface area contributed by atoms with E-state index in [1.807, 2.05) is 0 Å². The van der Waals surface area contributed by atoms with Crippen LogP contribution in [0.15, 0.2) is 48.6 Å². The first-order chi connectivity index (χ1) is 30.6. The number of carbonyl (C=O) groups excluding carboxylic acids is 3. The van der Waals surface area contributed by atoms with Gasteiger partial charge in [-0.15, -0.1) is 0 Å². The Morgan fingerprint density at radius 3 is 1.40 bits per heavy atom. The summed E-state index contributed by atoms with van der Waals surface area (Å²) in [5, 5.41) is 11.7. The second-order valence-corrected chi connectivity index (χ2v) is 18.8. The van der Waals surface area contributed by atoms with Gasteiger partial charge < -0.3 is 28.6 Å². The predicted octanol–water partition coefficient (Wildman–Crippen LogP) is 13.8. The van der Waals surface area contributed by atoms with Crippen molar-refractivity contribution in [1.82, 2.24) is 0 Å². The molecule has 0 aromatic heterocycles. The molecule has 0 spiro atoms. The molecule has 0 fully saturated rings. The Morgan fingerprint density at radius 2 is 0.937 bits per heavy atom. The van der Waals surface area contributed by atoms with E-state index in [1.165, 1.54) is 128 Å². The van der Waals surface area contributed by atoms with Gasteiger partial charge in [-0.05, 0) is 64.2 Å². The predicted molar refractivity (Wildman–Crippen MR) is 263 cm³/mol. The Bertz CT molecular complexity index is 1170. The third kappa shape index (κ3) is 44.3. The summed E-state index contributed by atoms with van der Waals surface area (Å²) >= 11 is 0. The van der Waals surface area contributed by atoms with E-state index in [2.05, 4.69) is 62.5 Å². The van der Waals surface area contributed by atoms with Crippen LogP contribution in [0.1, 0.15) is 232 Å². The summed E-state index contributed by atoms with van der Waals surface area (Å²) in [7, 11) is 5.41. The van der Waals surface area contributed by atoms with Crippen molar-refractivity contribution in [2.75, 3.05) is 41.0 Å². The lowest BCUT2D eigenvalue weighted by Gasteiger charge is -2.34. The zero-order valence-corrected chi connectivity index (χ0v) is 41.7. The molecule has 0 heterocycles. The zero-order chi connectivity index (χ0) is 46.3. The fraction of sp³-hybridized carbons (Fsp3) is 0.800. The lowest BCUT2D eigenvalue weighted by Crippen LogP contribution is -2.55. The number of ether oxygens (including phenoxy) is 3. The highest BCUT2D eigenvalue weighted by molar-refractivity contribution is 5.70. The van der Waals surface area contributed by atoms with Gasteiger partial charge in [-0.2, -0.15) is 0 Å². The van der Waals surface area contributed by atoms with Crippen LogP contribution in [0.2, 0.25) is 0 Å². The third-order valence-corrected chi connectivity index (χ3v) is 11.7. The van der Waals surface area contributed by atoms with E-state index in [0.29, 0.717) is 12.8 Å². The van der Waals surface area contributed by atoms with Gasteiger partial charge in [-0.25, -0.2) is 0 Å². The van der Waals surface area contributed by atoms with Gasteiger partial charge >= 0.3 is 11.9 Å². The van der Waals surface area contributed by atoms with Crippen LogP contribution in [-0.2, 0) is 28.6 Å². The Morgan fingerprint density at radius 1 is 0.508 bits per heavy atom. The first-order valence-corrected chi connectivity index (χ1v) is 26.2. The summed E-state index contributed by atoms with van der Waals surface area (Å²) < 4.78 is 17.2. The molecule has 8 nitrogen and oxygen atoms in total. The van der Waals surface area contributed by atoms with E-state index in [0.717, 1.165) is 70.6 Å². The number of carbonyl (C=O) groups is 3. The summed E-state index contributed by atoms with van der Waals surface area (Å²) in [6, 6.07) is -0.729. The van der Waals surface area contributed by atoms with Crippen molar-refractivity contribution in [2.45, 2.75) is 244 Å². The number of esters is 2. The average molecular weight is 886 g/mol.